The van der Waals surface area contributed by atoms with Crippen LogP contribution in [0.15, 0.2) is 42.6 Å². The van der Waals surface area contributed by atoms with Gasteiger partial charge in [-0.05, 0) is 37.2 Å². The fraction of sp³-hybridized carbons (Fsp3) is 0.304. The number of benzene rings is 2. The lowest BCUT2D eigenvalue weighted by molar-refractivity contribution is -0.385. The number of amides is 1. The van der Waals surface area contributed by atoms with Gasteiger partial charge >= 0.3 is 0 Å². The van der Waals surface area contributed by atoms with Crippen LogP contribution >= 0.6 is 0 Å². The molecule has 1 aromatic heterocycles. The van der Waals surface area contributed by atoms with Gasteiger partial charge in [-0.15, -0.1) is 0 Å². The Morgan fingerprint density at radius 3 is 2.73 bits per heavy atom. The number of ether oxygens (including phenoxy) is 1. The van der Waals surface area contributed by atoms with Gasteiger partial charge in [-0.3, -0.25) is 19.9 Å². The van der Waals surface area contributed by atoms with E-state index >= 15 is 0 Å². The van der Waals surface area contributed by atoms with E-state index in [0.717, 1.165) is 6.54 Å². The number of carbonyl (C=O) groups is 1. The summed E-state index contributed by atoms with van der Waals surface area (Å²) < 4.78 is 5.42. The Labute approximate surface area is 191 Å². The van der Waals surface area contributed by atoms with Gasteiger partial charge in [-0.2, -0.15) is 0 Å². The van der Waals surface area contributed by atoms with Crippen molar-refractivity contribution in [2.45, 2.75) is 26.3 Å². The summed E-state index contributed by atoms with van der Waals surface area (Å²) in [7, 11) is 1.50. The highest BCUT2D eigenvalue weighted by molar-refractivity contribution is 6.04. The van der Waals surface area contributed by atoms with E-state index in [4.69, 9.17) is 10.5 Å². The molecule has 33 heavy (non-hydrogen) atoms. The van der Waals surface area contributed by atoms with E-state index in [1.54, 1.807) is 24.4 Å². The zero-order chi connectivity index (χ0) is 24.0. The maximum atomic E-state index is 12.6. The fourth-order valence-corrected chi connectivity index (χ4v) is 3.41. The van der Waals surface area contributed by atoms with Gasteiger partial charge in [0, 0.05) is 30.0 Å². The van der Waals surface area contributed by atoms with Gasteiger partial charge in [-0.1, -0.05) is 19.9 Å². The van der Waals surface area contributed by atoms with E-state index in [9.17, 15) is 14.9 Å². The smallest absolute Gasteiger partial charge is 0.284 e. The first-order valence-electron chi connectivity index (χ1n) is 10.6. The van der Waals surface area contributed by atoms with E-state index in [-0.39, 0.29) is 11.3 Å². The van der Waals surface area contributed by atoms with Crippen LogP contribution in [0.25, 0.3) is 10.9 Å². The number of anilines is 3. The molecular formula is C23H28N6O4. The number of nitrogens with zero attached hydrogens (tertiary/aromatic N) is 2. The summed E-state index contributed by atoms with van der Waals surface area (Å²) in [5, 5.41) is 21.5. The molecule has 0 aliphatic rings. The number of nitro groups is 1. The van der Waals surface area contributed by atoms with Crippen LogP contribution in [0, 0.1) is 10.1 Å². The van der Waals surface area contributed by atoms with Crippen molar-refractivity contribution in [2.24, 2.45) is 0 Å². The maximum absolute atomic E-state index is 12.6. The van der Waals surface area contributed by atoms with Crippen molar-refractivity contribution in [3.8, 4) is 5.75 Å². The van der Waals surface area contributed by atoms with E-state index in [2.05, 4.69) is 20.9 Å². The molecule has 10 nitrogen and oxygen atoms in total. The molecule has 10 heteroatoms. The Balaban J connectivity index is 1.86. The molecule has 0 fully saturated rings. The van der Waals surface area contributed by atoms with Crippen molar-refractivity contribution in [2.75, 3.05) is 31.2 Å². The van der Waals surface area contributed by atoms with Gasteiger partial charge < -0.3 is 26.4 Å². The van der Waals surface area contributed by atoms with Crippen LogP contribution in [0.5, 0.6) is 5.75 Å². The van der Waals surface area contributed by atoms with Gasteiger partial charge in [0.1, 0.15) is 5.56 Å². The summed E-state index contributed by atoms with van der Waals surface area (Å²) in [6, 6.07) is 10.0. The first-order valence-corrected chi connectivity index (χ1v) is 10.6. The first-order chi connectivity index (χ1) is 15.8. The topological polar surface area (TPSA) is 144 Å². The molecule has 174 valence electrons. The molecule has 0 spiro atoms. The lowest BCUT2D eigenvalue weighted by Gasteiger charge is -2.15. The minimum Gasteiger partial charge on any atom is -0.493 e. The summed E-state index contributed by atoms with van der Waals surface area (Å²) >= 11 is 0. The third-order valence-corrected chi connectivity index (χ3v) is 5.01. The van der Waals surface area contributed by atoms with Gasteiger partial charge in [0.2, 0.25) is 0 Å². The minimum atomic E-state index is -0.573. The van der Waals surface area contributed by atoms with Crippen LogP contribution < -0.4 is 26.4 Å². The van der Waals surface area contributed by atoms with E-state index in [1.807, 2.05) is 19.9 Å². The van der Waals surface area contributed by atoms with Crippen LogP contribution in [0.4, 0.5) is 22.7 Å². The second-order valence-corrected chi connectivity index (χ2v) is 7.78. The Morgan fingerprint density at radius 1 is 1.24 bits per heavy atom. The Bertz CT molecular complexity index is 1170. The number of rotatable bonds is 10. The molecule has 0 radical (unpaired) electrons. The van der Waals surface area contributed by atoms with Crippen LogP contribution in [0.3, 0.4) is 0 Å². The number of nitrogens with two attached hydrogens (primary N) is 1. The number of pyridine rings is 1. The quantitative estimate of drug-likeness (QED) is 0.158. The molecule has 1 heterocycles. The van der Waals surface area contributed by atoms with Crippen LogP contribution in [-0.4, -0.2) is 42.1 Å². The molecule has 0 saturated heterocycles. The molecule has 0 aliphatic heterocycles. The molecule has 0 atom stereocenters. The third-order valence-electron chi connectivity index (χ3n) is 5.01. The molecule has 0 bridgehead atoms. The molecule has 3 aromatic rings. The van der Waals surface area contributed by atoms with Crippen LogP contribution in [0.1, 0.15) is 30.6 Å². The summed E-state index contributed by atoms with van der Waals surface area (Å²) in [6.45, 7) is 5.23. The van der Waals surface area contributed by atoms with Crippen LogP contribution in [-0.2, 0) is 0 Å². The Kier molecular flexibility index (Phi) is 7.62. The number of hydrogen-bond acceptors (Lipinski definition) is 8. The standard InChI is InChI=1S/C23H28N6O4/c1-14(2)25-10-5-11-26-23(30)16-9-8-15(12-19(16)29(31)32)28-22-20(33-3)13-27-18-7-4-6-17(24)21(18)22/h4,6-9,12-14,25H,5,10-11,24H2,1-3H3,(H,26,30)(H,27,28). The molecule has 0 unspecified atom stereocenters. The minimum absolute atomic E-state index is 0.00608. The van der Waals surface area contributed by atoms with Crippen molar-refractivity contribution in [3.63, 3.8) is 0 Å². The summed E-state index contributed by atoms with van der Waals surface area (Å²) in [4.78, 5) is 28.0. The number of nitro benzene ring substituents is 1. The number of hydrogen-bond donors (Lipinski definition) is 4. The number of methoxy groups -OCH3 is 1. The zero-order valence-electron chi connectivity index (χ0n) is 18.8. The first kappa shape index (κ1) is 23.7. The predicted molar refractivity (Wildman–Crippen MR) is 129 cm³/mol. The molecule has 2 aromatic carbocycles. The van der Waals surface area contributed by atoms with Crippen molar-refractivity contribution in [1.29, 1.82) is 0 Å². The predicted octanol–water partition coefficient (Wildman–Crippen LogP) is 3.60. The molecule has 0 aliphatic carbocycles. The summed E-state index contributed by atoms with van der Waals surface area (Å²) in [5.41, 5.74) is 7.93. The van der Waals surface area contributed by atoms with Crippen molar-refractivity contribution >= 4 is 39.6 Å². The number of carbonyl (C=O) groups excluding carboxylic acids is 1. The summed E-state index contributed by atoms with van der Waals surface area (Å²) in [6.07, 6.45) is 2.27. The van der Waals surface area contributed by atoms with Crippen LogP contribution in [0.2, 0.25) is 0 Å². The highest BCUT2D eigenvalue weighted by Gasteiger charge is 2.21. The van der Waals surface area contributed by atoms with E-state index < -0.39 is 10.8 Å². The normalized spacial score (nSPS) is 10.9. The largest absolute Gasteiger partial charge is 0.493 e. The van der Waals surface area contributed by atoms with E-state index in [1.165, 1.54) is 19.2 Å². The maximum Gasteiger partial charge on any atom is 0.284 e. The number of nitrogens with one attached hydrogen (secondary N) is 3. The lowest BCUT2D eigenvalue weighted by Crippen LogP contribution is -2.30. The Hall–Kier alpha value is -3.92. The molecule has 5 N–H and O–H groups in total. The average molecular weight is 453 g/mol. The Morgan fingerprint density at radius 2 is 2.03 bits per heavy atom. The number of nitrogen functional groups attached to an aromatic ring is 1. The molecule has 1 amide bonds. The lowest BCUT2D eigenvalue weighted by atomic mass is 10.1. The highest BCUT2D eigenvalue weighted by Crippen LogP contribution is 2.38. The molecule has 3 rings (SSSR count). The monoisotopic (exact) mass is 452 g/mol. The second kappa shape index (κ2) is 10.6. The fourth-order valence-electron chi connectivity index (χ4n) is 3.41. The number of aromatic nitrogens is 1. The van der Waals surface area contributed by atoms with Gasteiger partial charge in [-0.25, -0.2) is 0 Å². The summed E-state index contributed by atoms with van der Waals surface area (Å²) in [5.74, 6) is -0.0612. The molecular weight excluding hydrogens is 424 g/mol. The SMILES string of the molecule is COc1cnc2cccc(N)c2c1Nc1ccc(C(=O)NCCCNC(C)C)c([N+](=O)[O-])c1. The zero-order valence-corrected chi connectivity index (χ0v) is 18.8. The van der Waals surface area contributed by atoms with Crippen molar-refractivity contribution in [1.82, 2.24) is 15.6 Å². The van der Waals surface area contributed by atoms with E-state index in [0.29, 0.717) is 52.7 Å². The van der Waals surface area contributed by atoms with Gasteiger partial charge in [0.05, 0.1) is 34.8 Å². The van der Waals surface area contributed by atoms with Gasteiger partial charge in [0.15, 0.2) is 5.75 Å². The third kappa shape index (κ3) is 5.66. The number of fused-ring (bicyclic) bond motifs is 1. The molecule has 0 saturated carbocycles. The van der Waals surface area contributed by atoms with Gasteiger partial charge in [0.25, 0.3) is 11.6 Å². The average Bonchev–Trinajstić information content (AvgIpc) is 2.78. The van der Waals surface area contributed by atoms with Crippen molar-refractivity contribution in [3.05, 3.63) is 58.3 Å². The van der Waals surface area contributed by atoms with Crippen molar-refractivity contribution < 1.29 is 14.5 Å². The second-order valence-electron chi connectivity index (χ2n) is 7.78. The highest BCUT2D eigenvalue weighted by atomic mass is 16.6.